The van der Waals surface area contributed by atoms with Gasteiger partial charge in [0.25, 0.3) is 5.91 Å². The molecular formula is C22H30N4O2. The molecule has 1 fully saturated rings. The number of likely N-dealkylation sites (tertiary alicyclic amines) is 1. The summed E-state index contributed by atoms with van der Waals surface area (Å²) in [6.45, 7) is 7.00. The normalized spacial score (nSPS) is 19.6. The average Bonchev–Trinajstić information content (AvgIpc) is 3.36. The van der Waals surface area contributed by atoms with Crippen LogP contribution in [0, 0.1) is 0 Å². The first kappa shape index (κ1) is 19.0. The number of piperidine rings is 1. The number of furan rings is 1. The molecule has 0 aromatic carbocycles. The molecule has 2 aromatic rings. The van der Waals surface area contributed by atoms with E-state index in [2.05, 4.69) is 18.5 Å². The van der Waals surface area contributed by atoms with E-state index in [0.717, 1.165) is 63.1 Å². The Labute approximate surface area is 166 Å². The molecule has 0 saturated carbocycles. The van der Waals surface area contributed by atoms with Gasteiger partial charge >= 0.3 is 0 Å². The quantitative estimate of drug-likeness (QED) is 0.720. The van der Waals surface area contributed by atoms with Gasteiger partial charge in [0.05, 0.1) is 19.4 Å². The van der Waals surface area contributed by atoms with Crippen LogP contribution in [0.3, 0.4) is 0 Å². The molecule has 2 aromatic heterocycles. The molecule has 150 valence electrons. The van der Waals surface area contributed by atoms with Crippen LogP contribution < -0.4 is 0 Å². The molecule has 1 amide bonds. The van der Waals surface area contributed by atoms with Crippen molar-refractivity contribution in [2.24, 2.45) is 0 Å². The highest BCUT2D eigenvalue weighted by Gasteiger charge is 2.32. The average molecular weight is 383 g/mol. The highest BCUT2D eigenvalue weighted by Crippen LogP contribution is 2.29. The predicted molar refractivity (Wildman–Crippen MR) is 108 cm³/mol. The van der Waals surface area contributed by atoms with Crippen molar-refractivity contribution in [3.8, 4) is 0 Å². The minimum Gasteiger partial charge on any atom is -0.468 e. The third-order valence-electron chi connectivity index (χ3n) is 6.08. The van der Waals surface area contributed by atoms with Gasteiger partial charge in [-0.2, -0.15) is 5.10 Å². The summed E-state index contributed by atoms with van der Waals surface area (Å²) in [5.74, 6) is 1.08. The molecule has 1 aliphatic carbocycles. The van der Waals surface area contributed by atoms with Gasteiger partial charge in [0.15, 0.2) is 5.69 Å². The van der Waals surface area contributed by atoms with Crippen LogP contribution in [0.4, 0.5) is 0 Å². The summed E-state index contributed by atoms with van der Waals surface area (Å²) in [6, 6.07) is 4.32. The van der Waals surface area contributed by atoms with Crippen molar-refractivity contribution in [1.29, 1.82) is 0 Å². The Kier molecular flexibility index (Phi) is 5.67. The molecule has 2 aliphatic rings. The second-order valence-corrected chi connectivity index (χ2v) is 7.99. The van der Waals surface area contributed by atoms with Crippen LogP contribution in [0.5, 0.6) is 0 Å². The zero-order chi connectivity index (χ0) is 19.5. The lowest BCUT2D eigenvalue weighted by Crippen LogP contribution is -2.38. The van der Waals surface area contributed by atoms with Crippen LogP contribution in [0.15, 0.2) is 35.5 Å². The number of amides is 1. The molecule has 0 N–H and O–H groups in total. The number of fused-ring (bicyclic) bond motifs is 1. The lowest BCUT2D eigenvalue weighted by atomic mass is 9.90. The second-order valence-electron chi connectivity index (χ2n) is 7.99. The summed E-state index contributed by atoms with van der Waals surface area (Å²) in [5.41, 5.74) is 3.01. The molecule has 6 nitrogen and oxygen atoms in total. The number of allylic oxidation sites excluding steroid dienone is 1. The van der Waals surface area contributed by atoms with E-state index in [9.17, 15) is 4.79 Å². The smallest absolute Gasteiger partial charge is 0.274 e. The lowest BCUT2D eigenvalue weighted by molar-refractivity contribution is 0.0715. The van der Waals surface area contributed by atoms with Gasteiger partial charge < -0.3 is 9.32 Å². The van der Waals surface area contributed by atoms with Crippen molar-refractivity contribution in [1.82, 2.24) is 19.6 Å². The molecule has 1 aliphatic heterocycles. The maximum Gasteiger partial charge on any atom is 0.274 e. The molecule has 0 bridgehead atoms. The molecule has 4 rings (SSSR count). The Hall–Kier alpha value is -2.34. The monoisotopic (exact) mass is 382 g/mol. The van der Waals surface area contributed by atoms with E-state index >= 15 is 0 Å². The Bertz CT molecular complexity index is 818. The van der Waals surface area contributed by atoms with Crippen LogP contribution in [-0.2, 0) is 25.9 Å². The van der Waals surface area contributed by atoms with E-state index in [1.165, 1.54) is 12.1 Å². The van der Waals surface area contributed by atoms with E-state index in [-0.39, 0.29) is 5.91 Å². The largest absolute Gasteiger partial charge is 0.468 e. The fourth-order valence-corrected chi connectivity index (χ4v) is 4.51. The Balaban J connectivity index is 1.57. The SMILES string of the molecule is C=CCn1nc(C(=O)N2CCCCC2)c2c1CC[C@@H](N(C)Cc1ccco1)C2. The van der Waals surface area contributed by atoms with Crippen LogP contribution in [0.1, 0.15) is 53.2 Å². The Morgan fingerprint density at radius 1 is 1.39 bits per heavy atom. The number of nitrogens with zero attached hydrogens (tertiary/aromatic N) is 4. The van der Waals surface area contributed by atoms with Crippen LogP contribution in [-0.4, -0.2) is 51.7 Å². The zero-order valence-corrected chi connectivity index (χ0v) is 16.8. The van der Waals surface area contributed by atoms with Gasteiger partial charge in [-0.3, -0.25) is 14.4 Å². The molecule has 6 heteroatoms. The highest BCUT2D eigenvalue weighted by atomic mass is 16.3. The lowest BCUT2D eigenvalue weighted by Gasteiger charge is -2.31. The minimum atomic E-state index is 0.105. The Morgan fingerprint density at radius 3 is 2.93 bits per heavy atom. The Morgan fingerprint density at radius 2 is 2.21 bits per heavy atom. The van der Waals surface area contributed by atoms with E-state index in [0.29, 0.717) is 18.3 Å². The number of aromatic nitrogens is 2. The van der Waals surface area contributed by atoms with E-state index < -0.39 is 0 Å². The number of rotatable bonds is 6. The number of likely N-dealkylation sites (N-methyl/N-ethyl adjacent to an activating group) is 1. The molecule has 0 radical (unpaired) electrons. The third-order valence-corrected chi connectivity index (χ3v) is 6.08. The fraction of sp³-hybridized carbons (Fsp3) is 0.545. The van der Waals surface area contributed by atoms with Crippen molar-refractivity contribution >= 4 is 5.91 Å². The molecular weight excluding hydrogens is 352 g/mol. The summed E-state index contributed by atoms with van der Waals surface area (Å²) < 4.78 is 7.50. The molecule has 28 heavy (non-hydrogen) atoms. The maximum absolute atomic E-state index is 13.2. The first-order valence-electron chi connectivity index (χ1n) is 10.4. The van der Waals surface area contributed by atoms with Gasteiger partial charge in [0.2, 0.25) is 0 Å². The van der Waals surface area contributed by atoms with E-state index in [1.807, 2.05) is 27.8 Å². The first-order valence-corrected chi connectivity index (χ1v) is 10.4. The number of hydrogen-bond acceptors (Lipinski definition) is 4. The van der Waals surface area contributed by atoms with Gasteiger partial charge in [-0.15, -0.1) is 6.58 Å². The van der Waals surface area contributed by atoms with Crippen molar-refractivity contribution in [2.45, 2.75) is 57.7 Å². The van der Waals surface area contributed by atoms with Crippen molar-refractivity contribution in [3.63, 3.8) is 0 Å². The maximum atomic E-state index is 13.2. The topological polar surface area (TPSA) is 54.5 Å². The number of hydrogen-bond donors (Lipinski definition) is 0. The van der Waals surface area contributed by atoms with Crippen LogP contribution >= 0.6 is 0 Å². The van der Waals surface area contributed by atoms with Gasteiger partial charge in [-0.1, -0.05) is 6.08 Å². The second kappa shape index (κ2) is 8.35. The summed E-state index contributed by atoms with van der Waals surface area (Å²) in [4.78, 5) is 17.5. The van der Waals surface area contributed by atoms with Crippen LogP contribution in [0.25, 0.3) is 0 Å². The first-order chi connectivity index (χ1) is 13.7. The van der Waals surface area contributed by atoms with Gasteiger partial charge in [0, 0.05) is 30.4 Å². The number of carbonyl (C=O) groups excluding carboxylic acids is 1. The summed E-state index contributed by atoms with van der Waals surface area (Å²) in [6.07, 6.45) is 9.84. The fourth-order valence-electron chi connectivity index (χ4n) is 4.51. The third kappa shape index (κ3) is 3.78. The summed E-state index contributed by atoms with van der Waals surface area (Å²) >= 11 is 0. The summed E-state index contributed by atoms with van der Waals surface area (Å²) in [5, 5.41) is 4.74. The molecule has 1 atom stereocenters. The van der Waals surface area contributed by atoms with Crippen molar-refractivity contribution in [3.05, 3.63) is 53.8 Å². The molecule has 1 saturated heterocycles. The highest BCUT2D eigenvalue weighted by molar-refractivity contribution is 5.94. The van der Waals surface area contributed by atoms with Gasteiger partial charge in [-0.25, -0.2) is 0 Å². The van der Waals surface area contributed by atoms with Gasteiger partial charge in [0.1, 0.15) is 5.76 Å². The predicted octanol–water partition coefficient (Wildman–Crippen LogP) is 3.28. The standard InChI is InChI=1S/C22H30N4O2/c1-3-11-26-20-10-9-17(24(2)16-18-8-7-14-28-18)15-19(20)21(23-26)22(27)25-12-5-4-6-13-25/h3,7-8,14,17H,1,4-6,9-13,15-16H2,2H3/t17-/m1/s1. The number of carbonyl (C=O) groups is 1. The summed E-state index contributed by atoms with van der Waals surface area (Å²) in [7, 11) is 2.14. The van der Waals surface area contributed by atoms with E-state index in [4.69, 9.17) is 9.52 Å². The van der Waals surface area contributed by atoms with Crippen LogP contribution in [0.2, 0.25) is 0 Å². The molecule has 3 heterocycles. The van der Waals surface area contributed by atoms with Crippen molar-refractivity contribution in [2.75, 3.05) is 20.1 Å². The van der Waals surface area contributed by atoms with Gasteiger partial charge in [-0.05, 0) is 57.7 Å². The van der Waals surface area contributed by atoms with Crippen molar-refractivity contribution < 1.29 is 9.21 Å². The molecule has 0 unspecified atom stereocenters. The molecule has 0 spiro atoms. The minimum absolute atomic E-state index is 0.105. The zero-order valence-electron chi connectivity index (χ0n) is 16.8. The van der Waals surface area contributed by atoms with E-state index in [1.54, 1.807) is 6.26 Å².